The molecule has 0 aliphatic carbocycles. The smallest absolute Gasteiger partial charge is 0.227 e. The molecule has 2 rings (SSSR count). The lowest BCUT2D eigenvalue weighted by Crippen LogP contribution is -2.40. The maximum atomic E-state index is 13.1. The van der Waals surface area contributed by atoms with Crippen molar-refractivity contribution in [1.29, 1.82) is 0 Å². The van der Waals surface area contributed by atoms with Crippen LogP contribution in [0.25, 0.3) is 0 Å². The average Bonchev–Trinajstić information content (AvgIpc) is 2.67. The summed E-state index contributed by atoms with van der Waals surface area (Å²) >= 11 is 0. The summed E-state index contributed by atoms with van der Waals surface area (Å²) in [6.07, 6.45) is 0. The number of benzene rings is 2. The summed E-state index contributed by atoms with van der Waals surface area (Å²) in [6.45, 7) is 6.57. The lowest BCUT2D eigenvalue weighted by atomic mass is 9.93. The first-order valence-corrected chi connectivity index (χ1v) is 8.74. The summed E-state index contributed by atoms with van der Waals surface area (Å²) in [7, 11) is 1.65. The monoisotopic (exact) mass is 376 g/mol. The van der Waals surface area contributed by atoms with E-state index in [9.17, 15) is 4.79 Å². The summed E-state index contributed by atoms with van der Waals surface area (Å²) in [5.41, 5.74) is 8.38. The van der Waals surface area contributed by atoms with E-state index in [1.54, 1.807) is 7.11 Å². The number of nitrogens with zero attached hydrogens (tertiary/aromatic N) is 1. The molecule has 3 unspecified atom stereocenters. The van der Waals surface area contributed by atoms with Gasteiger partial charge in [0.05, 0.1) is 19.1 Å². The van der Waals surface area contributed by atoms with Gasteiger partial charge in [-0.15, -0.1) is 12.4 Å². The zero-order valence-corrected chi connectivity index (χ0v) is 16.7. The first-order chi connectivity index (χ1) is 12.0. The predicted octanol–water partition coefficient (Wildman–Crippen LogP) is 4.36. The van der Waals surface area contributed by atoms with Crippen molar-refractivity contribution in [1.82, 2.24) is 4.90 Å². The molecule has 0 aliphatic rings. The highest BCUT2D eigenvalue weighted by Crippen LogP contribution is 2.28. The van der Waals surface area contributed by atoms with Gasteiger partial charge in [0.2, 0.25) is 5.91 Å². The molecule has 0 saturated carbocycles. The van der Waals surface area contributed by atoms with Crippen molar-refractivity contribution in [3.8, 4) is 5.75 Å². The topological polar surface area (TPSA) is 55.6 Å². The van der Waals surface area contributed by atoms with Crippen molar-refractivity contribution < 1.29 is 9.53 Å². The minimum Gasteiger partial charge on any atom is -0.497 e. The highest BCUT2D eigenvalue weighted by molar-refractivity contribution is 5.85. The van der Waals surface area contributed by atoms with Crippen molar-refractivity contribution in [3.63, 3.8) is 0 Å². The fourth-order valence-electron chi connectivity index (χ4n) is 3.08. The van der Waals surface area contributed by atoms with Crippen LogP contribution in [0.4, 0.5) is 0 Å². The van der Waals surface area contributed by atoms with E-state index in [-0.39, 0.29) is 36.3 Å². The number of nitrogens with two attached hydrogens (primary N) is 1. The molecular formula is C21H29ClN2O2. The van der Waals surface area contributed by atoms with Gasteiger partial charge in [-0.05, 0) is 37.1 Å². The second-order valence-electron chi connectivity index (χ2n) is 6.30. The van der Waals surface area contributed by atoms with Gasteiger partial charge in [-0.25, -0.2) is 0 Å². The van der Waals surface area contributed by atoms with Gasteiger partial charge < -0.3 is 15.4 Å². The number of carbonyl (C=O) groups excluding carboxylic acids is 1. The molecule has 2 aromatic rings. The van der Waals surface area contributed by atoms with E-state index in [4.69, 9.17) is 10.5 Å². The van der Waals surface area contributed by atoms with Crippen molar-refractivity contribution in [2.24, 2.45) is 11.7 Å². The van der Waals surface area contributed by atoms with E-state index < -0.39 is 0 Å². The number of methoxy groups -OCH3 is 1. The van der Waals surface area contributed by atoms with Crippen LogP contribution in [-0.2, 0) is 4.79 Å². The predicted molar refractivity (Wildman–Crippen MR) is 109 cm³/mol. The Balaban J connectivity index is 0.00000338. The minimum absolute atomic E-state index is 0. The minimum atomic E-state index is -0.319. The van der Waals surface area contributed by atoms with Crippen LogP contribution in [0, 0.1) is 5.92 Å². The lowest BCUT2D eigenvalue weighted by molar-refractivity contribution is -0.137. The summed E-state index contributed by atoms with van der Waals surface area (Å²) in [5.74, 6) is 0.562. The average molecular weight is 377 g/mol. The van der Waals surface area contributed by atoms with Crippen LogP contribution in [-0.4, -0.2) is 24.5 Å². The SMILES string of the molecule is CCN(C(=O)C(C)C(N)c1ccccc1)C(C)c1cccc(OC)c1.Cl. The Morgan fingerprint density at radius 3 is 2.27 bits per heavy atom. The third-order valence-electron chi connectivity index (χ3n) is 4.78. The standard InChI is InChI=1S/C21H28N2O2.ClH/c1-5-23(16(3)18-12-9-13-19(14-18)25-4)21(24)15(2)20(22)17-10-7-6-8-11-17;/h6-16,20H,5,22H2,1-4H3;1H. The Bertz CT molecular complexity index is 693. The maximum absolute atomic E-state index is 13.1. The molecule has 0 radical (unpaired) electrons. The Labute approximate surface area is 162 Å². The molecule has 2 N–H and O–H groups in total. The Kier molecular flexibility index (Phi) is 8.62. The molecular weight excluding hydrogens is 348 g/mol. The molecule has 0 spiro atoms. The number of rotatable bonds is 7. The van der Waals surface area contributed by atoms with Crippen molar-refractivity contribution in [2.45, 2.75) is 32.9 Å². The lowest BCUT2D eigenvalue weighted by Gasteiger charge is -2.33. The number of carbonyl (C=O) groups is 1. The molecule has 0 aromatic heterocycles. The summed E-state index contributed by atoms with van der Waals surface area (Å²) in [5, 5.41) is 0. The molecule has 2 aromatic carbocycles. The number of halogens is 1. The van der Waals surface area contributed by atoms with E-state index >= 15 is 0 Å². The van der Waals surface area contributed by atoms with Gasteiger partial charge in [0.25, 0.3) is 0 Å². The molecule has 1 amide bonds. The van der Waals surface area contributed by atoms with Gasteiger partial charge in [0, 0.05) is 12.6 Å². The third kappa shape index (κ3) is 4.99. The molecule has 26 heavy (non-hydrogen) atoms. The highest BCUT2D eigenvalue weighted by atomic mass is 35.5. The second kappa shape index (κ2) is 10.2. The third-order valence-corrected chi connectivity index (χ3v) is 4.78. The molecule has 0 heterocycles. The molecule has 0 bridgehead atoms. The molecule has 0 saturated heterocycles. The first-order valence-electron chi connectivity index (χ1n) is 8.74. The second-order valence-corrected chi connectivity index (χ2v) is 6.30. The summed E-state index contributed by atoms with van der Waals surface area (Å²) in [4.78, 5) is 15.0. The van der Waals surface area contributed by atoms with Crippen LogP contribution in [0.3, 0.4) is 0 Å². The summed E-state index contributed by atoms with van der Waals surface area (Å²) in [6, 6.07) is 17.3. The van der Waals surface area contributed by atoms with E-state index in [2.05, 4.69) is 0 Å². The fraction of sp³-hybridized carbons (Fsp3) is 0.381. The summed E-state index contributed by atoms with van der Waals surface area (Å²) < 4.78 is 5.30. The quantitative estimate of drug-likeness (QED) is 0.780. The van der Waals surface area contributed by atoms with Crippen molar-refractivity contribution >= 4 is 18.3 Å². The zero-order valence-electron chi connectivity index (χ0n) is 15.9. The van der Waals surface area contributed by atoms with Crippen molar-refractivity contribution in [2.75, 3.05) is 13.7 Å². The van der Waals surface area contributed by atoms with Crippen LogP contribution in [0.15, 0.2) is 54.6 Å². The van der Waals surface area contributed by atoms with Gasteiger partial charge in [-0.3, -0.25) is 4.79 Å². The number of amides is 1. The van der Waals surface area contributed by atoms with E-state index in [1.165, 1.54) is 0 Å². The first kappa shape index (κ1) is 22.0. The Morgan fingerprint density at radius 2 is 1.69 bits per heavy atom. The largest absolute Gasteiger partial charge is 0.497 e. The van der Waals surface area contributed by atoms with E-state index in [0.29, 0.717) is 6.54 Å². The van der Waals surface area contributed by atoms with E-state index in [0.717, 1.165) is 16.9 Å². The van der Waals surface area contributed by atoms with Crippen LogP contribution in [0.5, 0.6) is 5.75 Å². The van der Waals surface area contributed by atoms with Crippen LogP contribution in [0.1, 0.15) is 44.0 Å². The van der Waals surface area contributed by atoms with Crippen LogP contribution in [0.2, 0.25) is 0 Å². The van der Waals surface area contributed by atoms with Crippen LogP contribution < -0.4 is 10.5 Å². The number of ether oxygens (including phenoxy) is 1. The van der Waals surface area contributed by atoms with Gasteiger partial charge in [-0.2, -0.15) is 0 Å². The molecule has 3 atom stereocenters. The number of hydrogen-bond donors (Lipinski definition) is 1. The van der Waals surface area contributed by atoms with E-state index in [1.807, 2.05) is 80.3 Å². The Morgan fingerprint density at radius 1 is 1.08 bits per heavy atom. The molecule has 142 valence electrons. The molecule has 0 fully saturated rings. The molecule has 5 heteroatoms. The maximum Gasteiger partial charge on any atom is 0.227 e. The normalized spacial score (nSPS) is 13.9. The van der Waals surface area contributed by atoms with Crippen molar-refractivity contribution in [3.05, 3.63) is 65.7 Å². The molecule has 0 aliphatic heterocycles. The fourth-order valence-corrected chi connectivity index (χ4v) is 3.08. The van der Waals surface area contributed by atoms with Gasteiger partial charge in [-0.1, -0.05) is 49.4 Å². The molecule has 4 nitrogen and oxygen atoms in total. The highest BCUT2D eigenvalue weighted by Gasteiger charge is 2.29. The van der Waals surface area contributed by atoms with Gasteiger partial charge in [0.1, 0.15) is 5.75 Å². The zero-order chi connectivity index (χ0) is 18.4. The Hall–Kier alpha value is -2.04. The van der Waals surface area contributed by atoms with Gasteiger partial charge in [0.15, 0.2) is 0 Å². The van der Waals surface area contributed by atoms with Gasteiger partial charge >= 0.3 is 0 Å². The van der Waals surface area contributed by atoms with Crippen LogP contribution >= 0.6 is 12.4 Å². The number of hydrogen-bond acceptors (Lipinski definition) is 3.